The lowest BCUT2D eigenvalue weighted by molar-refractivity contribution is 0.645. The Bertz CT molecular complexity index is 1810. The number of para-hydroxylation sites is 1. The molecule has 5 aromatic carbocycles. The molecular formula is C28H16BrNO. The van der Waals surface area contributed by atoms with E-state index >= 15 is 0 Å². The molecule has 146 valence electrons. The topological polar surface area (TPSA) is 18.1 Å². The second-order valence-corrected chi connectivity index (χ2v) is 8.88. The molecule has 7 rings (SSSR count). The van der Waals surface area contributed by atoms with Crippen molar-refractivity contribution in [3.63, 3.8) is 0 Å². The number of rotatable bonds is 1. The van der Waals surface area contributed by atoms with E-state index in [1.807, 2.05) is 12.1 Å². The highest BCUT2D eigenvalue weighted by Gasteiger charge is 2.19. The van der Waals surface area contributed by atoms with Crippen LogP contribution in [0.2, 0.25) is 0 Å². The van der Waals surface area contributed by atoms with E-state index in [9.17, 15) is 0 Å². The van der Waals surface area contributed by atoms with Crippen LogP contribution in [0, 0.1) is 0 Å². The Kier molecular flexibility index (Phi) is 3.44. The smallest absolute Gasteiger partial charge is 0.213 e. The molecule has 2 heterocycles. The van der Waals surface area contributed by atoms with Gasteiger partial charge in [-0.15, -0.1) is 0 Å². The van der Waals surface area contributed by atoms with Gasteiger partial charge in [0, 0.05) is 20.9 Å². The highest BCUT2D eigenvalue weighted by Crippen LogP contribution is 2.40. The van der Waals surface area contributed by atoms with Gasteiger partial charge in [-0.05, 0) is 57.9 Å². The van der Waals surface area contributed by atoms with E-state index < -0.39 is 0 Å². The quantitative estimate of drug-likeness (QED) is 0.224. The molecule has 0 fully saturated rings. The maximum absolute atomic E-state index is 6.39. The summed E-state index contributed by atoms with van der Waals surface area (Å²) in [6, 6.07) is 34.3. The molecule has 0 spiro atoms. The van der Waals surface area contributed by atoms with Gasteiger partial charge >= 0.3 is 0 Å². The number of fused-ring (bicyclic) bond motifs is 8. The van der Waals surface area contributed by atoms with Crippen molar-refractivity contribution in [2.75, 3.05) is 0 Å². The van der Waals surface area contributed by atoms with Gasteiger partial charge in [0.1, 0.15) is 5.58 Å². The summed E-state index contributed by atoms with van der Waals surface area (Å²) in [4.78, 5) is 0. The Balaban J connectivity index is 1.61. The second kappa shape index (κ2) is 6.22. The fourth-order valence-corrected chi connectivity index (χ4v) is 5.22. The van der Waals surface area contributed by atoms with Crippen LogP contribution >= 0.6 is 15.9 Å². The van der Waals surface area contributed by atoms with Gasteiger partial charge in [0.15, 0.2) is 0 Å². The zero-order chi connectivity index (χ0) is 20.5. The molecule has 0 atom stereocenters. The van der Waals surface area contributed by atoms with Crippen molar-refractivity contribution in [1.29, 1.82) is 0 Å². The minimum absolute atomic E-state index is 0.884. The van der Waals surface area contributed by atoms with Crippen LogP contribution in [0.25, 0.3) is 60.2 Å². The minimum Gasteiger partial charge on any atom is -0.439 e. The molecule has 0 aliphatic heterocycles. The third-order valence-corrected chi connectivity index (χ3v) is 6.73. The molecule has 7 aromatic rings. The Labute approximate surface area is 186 Å². The van der Waals surface area contributed by atoms with Crippen molar-refractivity contribution >= 4 is 70.4 Å². The second-order valence-electron chi connectivity index (χ2n) is 7.97. The summed E-state index contributed by atoms with van der Waals surface area (Å²) in [5.41, 5.74) is 4.04. The largest absolute Gasteiger partial charge is 0.439 e. The molecule has 2 aromatic heterocycles. The first-order valence-electron chi connectivity index (χ1n) is 10.3. The highest BCUT2D eigenvalue weighted by molar-refractivity contribution is 9.10. The van der Waals surface area contributed by atoms with Crippen molar-refractivity contribution < 1.29 is 4.42 Å². The van der Waals surface area contributed by atoms with Gasteiger partial charge in [-0.3, -0.25) is 4.57 Å². The lowest BCUT2D eigenvalue weighted by Crippen LogP contribution is -1.93. The summed E-state index contributed by atoms with van der Waals surface area (Å²) >= 11 is 3.65. The van der Waals surface area contributed by atoms with Gasteiger partial charge in [-0.25, -0.2) is 0 Å². The molecule has 3 heteroatoms. The fraction of sp³-hybridized carbons (Fsp3) is 0. The van der Waals surface area contributed by atoms with Gasteiger partial charge in [-0.1, -0.05) is 76.6 Å². The molecule has 2 nitrogen and oxygen atoms in total. The Morgan fingerprint density at radius 3 is 2.32 bits per heavy atom. The molecule has 0 unspecified atom stereocenters. The normalized spacial score (nSPS) is 12.0. The first kappa shape index (κ1) is 17.2. The molecule has 0 radical (unpaired) electrons. The van der Waals surface area contributed by atoms with E-state index in [4.69, 9.17) is 4.42 Å². The number of furan rings is 1. The van der Waals surface area contributed by atoms with E-state index in [1.54, 1.807) is 0 Å². The Morgan fingerprint density at radius 2 is 1.39 bits per heavy atom. The Hall–Kier alpha value is -3.56. The van der Waals surface area contributed by atoms with E-state index in [0.717, 1.165) is 37.7 Å². The number of aromatic nitrogens is 1. The van der Waals surface area contributed by atoms with Crippen LogP contribution in [-0.2, 0) is 0 Å². The van der Waals surface area contributed by atoms with Crippen LogP contribution in [0.4, 0.5) is 0 Å². The van der Waals surface area contributed by atoms with E-state index in [0.29, 0.717) is 0 Å². The summed E-state index contributed by atoms with van der Waals surface area (Å²) < 4.78 is 9.70. The monoisotopic (exact) mass is 461 g/mol. The maximum Gasteiger partial charge on any atom is 0.213 e. The molecule has 31 heavy (non-hydrogen) atoms. The molecule has 0 amide bonds. The van der Waals surface area contributed by atoms with Crippen LogP contribution < -0.4 is 0 Å². The van der Waals surface area contributed by atoms with Crippen molar-refractivity contribution in [1.82, 2.24) is 4.57 Å². The van der Waals surface area contributed by atoms with Crippen molar-refractivity contribution in [3.8, 4) is 5.69 Å². The summed E-state index contributed by atoms with van der Waals surface area (Å²) in [5, 5.41) is 8.52. The maximum atomic E-state index is 6.39. The molecule has 0 saturated heterocycles. The summed E-state index contributed by atoms with van der Waals surface area (Å²) in [7, 11) is 0. The lowest BCUT2D eigenvalue weighted by Gasteiger charge is -2.09. The zero-order valence-corrected chi connectivity index (χ0v) is 18.1. The van der Waals surface area contributed by atoms with Crippen LogP contribution in [0.3, 0.4) is 0 Å². The third-order valence-electron chi connectivity index (χ3n) is 6.24. The Morgan fingerprint density at radius 1 is 0.613 bits per heavy atom. The summed E-state index contributed by atoms with van der Waals surface area (Å²) in [5.74, 6) is 0. The van der Waals surface area contributed by atoms with Crippen molar-refractivity contribution in [3.05, 3.63) is 102 Å². The SMILES string of the molecule is Brc1ccc2c(c1)c1c3ccccc3oc1n2-c1ccc2c(ccc3ccccc32)c1. The molecular weight excluding hydrogens is 446 g/mol. The fourth-order valence-electron chi connectivity index (χ4n) is 4.86. The standard InChI is InChI=1S/C28H16BrNO/c29-19-11-14-25-24(16-19)27-23-7-3-4-8-26(23)31-28(27)30(25)20-12-13-22-18(15-20)10-9-17-5-1-2-6-21(17)22/h1-16H. The van der Waals surface area contributed by atoms with E-state index in [1.165, 1.54) is 26.9 Å². The summed E-state index contributed by atoms with van der Waals surface area (Å²) in [6.07, 6.45) is 0. The molecule has 0 bridgehead atoms. The lowest BCUT2D eigenvalue weighted by atomic mass is 10.0. The van der Waals surface area contributed by atoms with Crippen molar-refractivity contribution in [2.24, 2.45) is 0 Å². The first-order valence-corrected chi connectivity index (χ1v) is 11.1. The van der Waals surface area contributed by atoms with Gasteiger partial charge in [0.2, 0.25) is 5.71 Å². The zero-order valence-electron chi connectivity index (χ0n) is 16.5. The summed E-state index contributed by atoms with van der Waals surface area (Å²) in [6.45, 7) is 0. The molecule has 0 aliphatic rings. The van der Waals surface area contributed by atoms with Crippen LogP contribution in [0.1, 0.15) is 0 Å². The van der Waals surface area contributed by atoms with E-state index in [2.05, 4.69) is 105 Å². The minimum atomic E-state index is 0.884. The third kappa shape index (κ3) is 2.38. The number of hydrogen-bond acceptors (Lipinski definition) is 1. The van der Waals surface area contributed by atoms with E-state index in [-0.39, 0.29) is 0 Å². The highest BCUT2D eigenvalue weighted by atomic mass is 79.9. The number of hydrogen-bond donors (Lipinski definition) is 0. The number of benzene rings is 5. The van der Waals surface area contributed by atoms with Gasteiger partial charge < -0.3 is 4.42 Å². The van der Waals surface area contributed by atoms with Gasteiger partial charge in [0.05, 0.1) is 10.9 Å². The first-order chi connectivity index (χ1) is 15.3. The molecule has 0 N–H and O–H groups in total. The van der Waals surface area contributed by atoms with Crippen LogP contribution in [0.15, 0.2) is 106 Å². The number of nitrogens with zero attached hydrogens (tertiary/aromatic N) is 1. The molecule has 0 saturated carbocycles. The average Bonchev–Trinajstić information content (AvgIpc) is 3.33. The van der Waals surface area contributed by atoms with Gasteiger partial charge in [0.25, 0.3) is 0 Å². The molecule has 0 aliphatic carbocycles. The number of halogens is 1. The van der Waals surface area contributed by atoms with Crippen LogP contribution in [-0.4, -0.2) is 4.57 Å². The predicted molar refractivity (Wildman–Crippen MR) is 133 cm³/mol. The van der Waals surface area contributed by atoms with Crippen LogP contribution in [0.5, 0.6) is 0 Å². The van der Waals surface area contributed by atoms with Crippen molar-refractivity contribution in [2.45, 2.75) is 0 Å². The van der Waals surface area contributed by atoms with Gasteiger partial charge in [-0.2, -0.15) is 0 Å². The predicted octanol–water partition coefficient (Wildman–Crippen LogP) is 8.60. The average molecular weight is 462 g/mol.